The number of nitrogens with two attached hydrogens (primary N) is 1. The van der Waals surface area contributed by atoms with E-state index in [0.29, 0.717) is 41.3 Å². The fourth-order valence-electron chi connectivity index (χ4n) is 3.36. The van der Waals surface area contributed by atoms with Gasteiger partial charge in [0.15, 0.2) is 5.65 Å². The smallest absolute Gasteiger partial charge is 0.383 e. The van der Waals surface area contributed by atoms with Crippen LogP contribution in [0.1, 0.15) is 45.7 Å². The molecule has 0 saturated carbocycles. The van der Waals surface area contributed by atoms with E-state index in [4.69, 9.17) is 10.5 Å². The molecule has 0 bridgehead atoms. The van der Waals surface area contributed by atoms with Crippen molar-refractivity contribution in [1.29, 1.82) is 0 Å². The van der Waals surface area contributed by atoms with Gasteiger partial charge in [-0.3, -0.25) is 9.78 Å². The summed E-state index contributed by atoms with van der Waals surface area (Å²) in [4.78, 5) is 26.8. The largest absolute Gasteiger partial charge is 0.417 e. The van der Waals surface area contributed by atoms with Crippen LogP contribution in [0.4, 0.5) is 19.0 Å². The molecule has 1 atom stereocenters. The van der Waals surface area contributed by atoms with E-state index in [1.54, 1.807) is 20.0 Å². The average molecular weight is 417 g/mol. The third kappa shape index (κ3) is 3.43. The Balaban J connectivity index is 1.62. The second-order valence-corrected chi connectivity index (χ2v) is 7.10. The highest BCUT2D eigenvalue weighted by atomic mass is 19.4. The minimum absolute atomic E-state index is 0.324. The SMILES string of the molecule is CC(c1ccc(C(F)(F)F)cn1)N(C)C(=O)c1cnc2nc(N)c3c(c2c1)COC3. The van der Waals surface area contributed by atoms with E-state index >= 15 is 0 Å². The van der Waals surface area contributed by atoms with Gasteiger partial charge in [-0.1, -0.05) is 0 Å². The summed E-state index contributed by atoms with van der Waals surface area (Å²) in [7, 11) is 1.56. The first kappa shape index (κ1) is 20.0. The number of amides is 1. The van der Waals surface area contributed by atoms with Gasteiger partial charge in [-0.2, -0.15) is 13.2 Å². The summed E-state index contributed by atoms with van der Waals surface area (Å²) in [6, 6.07) is 3.36. The molecule has 0 spiro atoms. The van der Waals surface area contributed by atoms with Crippen molar-refractivity contribution in [2.24, 2.45) is 0 Å². The number of alkyl halides is 3. The van der Waals surface area contributed by atoms with Crippen LogP contribution < -0.4 is 5.73 Å². The lowest BCUT2D eigenvalue weighted by Crippen LogP contribution is -2.30. The molecule has 1 unspecified atom stereocenters. The van der Waals surface area contributed by atoms with Gasteiger partial charge in [0.25, 0.3) is 5.91 Å². The van der Waals surface area contributed by atoms with Crippen LogP contribution in [0.25, 0.3) is 11.0 Å². The zero-order chi connectivity index (χ0) is 21.6. The molecule has 0 aromatic carbocycles. The number of hydrogen-bond acceptors (Lipinski definition) is 6. The highest BCUT2D eigenvalue weighted by Crippen LogP contribution is 2.32. The molecule has 0 aliphatic carbocycles. The zero-order valence-corrected chi connectivity index (χ0v) is 16.2. The first-order chi connectivity index (χ1) is 14.2. The molecule has 4 heterocycles. The van der Waals surface area contributed by atoms with Gasteiger partial charge < -0.3 is 15.4 Å². The number of nitrogen functional groups attached to an aromatic ring is 1. The number of rotatable bonds is 3. The molecule has 30 heavy (non-hydrogen) atoms. The van der Waals surface area contributed by atoms with E-state index in [9.17, 15) is 18.0 Å². The number of carbonyl (C=O) groups excluding carboxylic acids is 1. The summed E-state index contributed by atoms with van der Waals surface area (Å²) in [6.45, 7) is 2.41. The summed E-state index contributed by atoms with van der Waals surface area (Å²) in [6.07, 6.45) is -2.29. The van der Waals surface area contributed by atoms with Crippen LogP contribution in [0, 0.1) is 0 Å². The van der Waals surface area contributed by atoms with E-state index in [1.165, 1.54) is 17.2 Å². The Morgan fingerprint density at radius 2 is 1.93 bits per heavy atom. The molecule has 1 amide bonds. The molecule has 156 valence electrons. The fraction of sp³-hybridized carbons (Fsp3) is 0.300. The van der Waals surface area contributed by atoms with Gasteiger partial charge in [0, 0.05) is 30.4 Å². The van der Waals surface area contributed by atoms with E-state index in [1.807, 2.05) is 0 Å². The maximum Gasteiger partial charge on any atom is 0.417 e. The summed E-state index contributed by atoms with van der Waals surface area (Å²) >= 11 is 0. The quantitative estimate of drug-likeness (QED) is 0.701. The van der Waals surface area contributed by atoms with Crippen LogP contribution in [-0.2, 0) is 24.1 Å². The number of carbonyl (C=O) groups is 1. The molecule has 7 nitrogen and oxygen atoms in total. The first-order valence-corrected chi connectivity index (χ1v) is 9.12. The number of anilines is 1. The highest BCUT2D eigenvalue weighted by Gasteiger charge is 2.31. The van der Waals surface area contributed by atoms with Crippen LogP contribution in [0.5, 0.6) is 0 Å². The van der Waals surface area contributed by atoms with Crippen molar-refractivity contribution in [3.05, 3.63) is 58.5 Å². The maximum absolute atomic E-state index is 13.0. The van der Waals surface area contributed by atoms with Crippen molar-refractivity contribution in [3.8, 4) is 0 Å². The summed E-state index contributed by atoms with van der Waals surface area (Å²) in [5.41, 5.74) is 7.85. The van der Waals surface area contributed by atoms with E-state index in [-0.39, 0.29) is 5.91 Å². The molecule has 0 saturated heterocycles. The molecule has 3 aromatic heterocycles. The minimum Gasteiger partial charge on any atom is -0.383 e. The van der Waals surface area contributed by atoms with Crippen molar-refractivity contribution in [2.45, 2.75) is 32.4 Å². The van der Waals surface area contributed by atoms with Gasteiger partial charge in [0.2, 0.25) is 0 Å². The molecular weight excluding hydrogens is 399 g/mol. The van der Waals surface area contributed by atoms with Crippen molar-refractivity contribution < 1.29 is 22.7 Å². The van der Waals surface area contributed by atoms with Crippen molar-refractivity contribution in [3.63, 3.8) is 0 Å². The maximum atomic E-state index is 13.0. The number of fused-ring (bicyclic) bond motifs is 3. The molecular formula is C20H18F3N5O2. The van der Waals surface area contributed by atoms with Crippen LogP contribution in [-0.4, -0.2) is 32.8 Å². The predicted octanol–water partition coefficient (Wildman–Crippen LogP) is 3.49. The standard InChI is InChI=1S/C20H18F3N5O2/c1-10(16-4-3-12(7-25-16)20(21,22)23)28(2)19(29)11-5-13-14-8-30-9-15(14)17(24)27-18(13)26-6-11/h3-7,10H,8-9H2,1-2H3,(H2,24,26,27). The van der Waals surface area contributed by atoms with Crippen LogP contribution in [0.2, 0.25) is 0 Å². The Morgan fingerprint density at radius 1 is 1.20 bits per heavy atom. The molecule has 1 aliphatic rings. The molecule has 4 rings (SSSR count). The molecule has 2 N–H and O–H groups in total. The number of nitrogens with zero attached hydrogens (tertiary/aromatic N) is 4. The summed E-state index contributed by atoms with van der Waals surface area (Å²) in [5.74, 6) is 0.0174. The number of hydrogen-bond donors (Lipinski definition) is 1. The normalized spacial score (nSPS) is 14.6. The van der Waals surface area contributed by atoms with Gasteiger partial charge in [-0.05, 0) is 30.7 Å². The van der Waals surface area contributed by atoms with Crippen molar-refractivity contribution in [2.75, 3.05) is 12.8 Å². The number of pyridine rings is 3. The van der Waals surface area contributed by atoms with Gasteiger partial charge in [-0.25, -0.2) is 9.97 Å². The Hall–Kier alpha value is -3.27. The van der Waals surface area contributed by atoms with E-state index in [0.717, 1.165) is 23.4 Å². The van der Waals surface area contributed by atoms with E-state index in [2.05, 4.69) is 15.0 Å². The Bertz CT molecular complexity index is 1130. The van der Waals surface area contributed by atoms with Gasteiger partial charge in [0.05, 0.1) is 36.1 Å². The van der Waals surface area contributed by atoms with Crippen LogP contribution in [0.3, 0.4) is 0 Å². The topological polar surface area (TPSA) is 94.2 Å². The monoisotopic (exact) mass is 417 g/mol. The second-order valence-electron chi connectivity index (χ2n) is 7.10. The predicted molar refractivity (Wildman–Crippen MR) is 102 cm³/mol. The molecule has 1 aliphatic heterocycles. The summed E-state index contributed by atoms with van der Waals surface area (Å²) in [5, 5.41) is 0.691. The van der Waals surface area contributed by atoms with Crippen LogP contribution in [0.15, 0.2) is 30.6 Å². The molecule has 0 fully saturated rings. The average Bonchev–Trinajstić information content (AvgIpc) is 3.22. The van der Waals surface area contributed by atoms with Gasteiger partial charge in [0.1, 0.15) is 5.82 Å². The number of ether oxygens (including phenoxy) is 1. The molecule has 3 aromatic rings. The highest BCUT2D eigenvalue weighted by molar-refractivity contribution is 5.98. The Labute approximate surface area is 169 Å². The third-order valence-electron chi connectivity index (χ3n) is 5.27. The lowest BCUT2D eigenvalue weighted by atomic mass is 10.0. The second kappa shape index (κ2) is 7.21. The lowest BCUT2D eigenvalue weighted by Gasteiger charge is -2.25. The van der Waals surface area contributed by atoms with Crippen molar-refractivity contribution >= 4 is 22.8 Å². The molecule has 10 heteroatoms. The molecule has 0 radical (unpaired) electrons. The first-order valence-electron chi connectivity index (χ1n) is 9.12. The van der Waals surface area contributed by atoms with Crippen LogP contribution >= 0.6 is 0 Å². The zero-order valence-electron chi connectivity index (χ0n) is 16.2. The fourth-order valence-corrected chi connectivity index (χ4v) is 3.36. The Kier molecular flexibility index (Phi) is 4.81. The van der Waals surface area contributed by atoms with Crippen molar-refractivity contribution in [1.82, 2.24) is 19.9 Å². The minimum atomic E-state index is -4.46. The van der Waals surface area contributed by atoms with E-state index < -0.39 is 17.8 Å². The van der Waals surface area contributed by atoms with Gasteiger partial charge >= 0.3 is 6.18 Å². The third-order valence-corrected chi connectivity index (χ3v) is 5.27. The number of aromatic nitrogens is 3. The van der Waals surface area contributed by atoms with Gasteiger partial charge in [-0.15, -0.1) is 0 Å². The lowest BCUT2D eigenvalue weighted by molar-refractivity contribution is -0.137. The Morgan fingerprint density at radius 3 is 2.60 bits per heavy atom. The summed E-state index contributed by atoms with van der Waals surface area (Å²) < 4.78 is 43.7. The number of halogens is 3.